The molecule has 7 nitrogen and oxygen atoms in total. The number of sulfonamides is 1. The number of aromatic nitrogens is 2. The summed E-state index contributed by atoms with van der Waals surface area (Å²) < 4.78 is 25.2. The number of rotatable bonds is 7. The molecule has 1 amide bonds. The monoisotopic (exact) mass is 400 g/mol. The van der Waals surface area contributed by atoms with Crippen LogP contribution in [0.4, 0.5) is 5.69 Å². The average molecular weight is 401 g/mol. The largest absolute Gasteiger partial charge is 0.328 e. The van der Waals surface area contributed by atoms with Crippen LogP contribution in [0.5, 0.6) is 0 Å². The molecule has 3 aromatic rings. The standard InChI is InChI=1S/C20H24N4O3S/c1-3-12-24-18-9-8-16(28(21,26)27)13-17(18)23-19(24)10-11-20(25)22-15-6-4-14(2)5-7-15/h4-9,13H,3,10-12H2,1-2H3,(H,22,25)(H2,21,26,27). The van der Waals surface area contributed by atoms with E-state index in [1.807, 2.05) is 35.8 Å². The first-order chi connectivity index (χ1) is 13.3. The van der Waals surface area contributed by atoms with E-state index >= 15 is 0 Å². The number of nitrogens with one attached hydrogen (secondary N) is 1. The van der Waals surface area contributed by atoms with E-state index in [0.29, 0.717) is 11.9 Å². The first-order valence-corrected chi connectivity index (χ1v) is 10.7. The molecule has 8 heteroatoms. The SMILES string of the molecule is CCCn1c(CCC(=O)Nc2ccc(C)cc2)nc2cc(S(N)(=O)=O)ccc21. The van der Waals surface area contributed by atoms with Gasteiger partial charge in [0.15, 0.2) is 0 Å². The molecule has 1 heterocycles. The van der Waals surface area contributed by atoms with Crippen LogP contribution in [0.25, 0.3) is 11.0 Å². The fourth-order valence-electron chi connectivity index (χ4n) is 3.09. The Bertz CT molecular complexity index is 1100. The number of primary sulfonamides is 1. The van der Waals surface area contributed by atoms with Gasteiger partial charge < -0.3 is 9.88 Å². The van der Waals surface area contributed by atoms with Gasteiger partial charge in [-0.3, -0.25) is 4.79 Å². The van der Waals surface area contributed by atoms with Crippen molar-refractivity contribution in [1.82, 2.24) is 9.55 Å². The summed E-state index contributed by atoms with van der Waals surface area (Å²) in [5.41, 5.74) is 3.29. The topological polar surface area (TPSA) is 107 Å². The van der Waals surface area contributed by atoms with Crippen molar-refractivity contribution in [1.29, 1.82) is 0 Å². The summed E-state index contributed by atoms with van der Waals surface area (Å²) in [4.78, 5) is 16.9. The number of carbonyl (C=O) groups is 1. The fourth-order valence-corrected chi connectivity index (χ4v) is 3.62. The molecule has 0 atom stereocenters. The molecule has 0 aliphatic carbocycles. The second-order valence-corrected chi connectivity index (χ2v) is 8.35. The highest BCUT2D eigenvalue weighted by atomic mass is 32.2. The lowest BCUT2D eigenvalue weighted by Gasteiger charge is -2.09. The van der Waals surface area contributed by atoms with Gasteiger partial charge in [-0.1, -0.05) is 24.6 Å². The zero-order chi connectivity index (χ0) is 20.3. The predicted octanol–water partition coefficient (Wildman–Crippen LogP) is 2.97. The quantitative estimate of drug-likeness (QED) is 0.636. The van der Waals surface area contributed by atoms with Gasteiger partial charge in [0.1, 0.15) is 5.82 Å². The number of amides is 1. The molecule has 3 rings (SSSR count). The van der Waals surface area contributed by atoms with E-state index in [2.05, 4.69) is 17.2 Å². The Morgan fingerprint density at radius 1 is 1.18 bits per heavy atom. The van der Waals surface area contributed by atoms with E-state index < -0.39 is 10.0 Å². The van der Waals surface area contributed by atoms with Gasteiger partial charge in [-0.05, 0) is 43.7 Å². The number of nitrogens with two attached hydrogens (primary N) is 1. The minimum atomic E-state index is -3.79. The van der Waals surface area contributed by atoms with E-state index in [1.165, 1.54) is 12.1 Å². The molecular weight excluding hydrogens is 376 g/mol. The van der Waals surface area contributed by atoms with Crippen LogP contribution in [-0.4, -0.2) is 23.9 Å². The Morgan fingerprint density at radius 2 is 1.89 bits per heavy atom. The Hall–Kier alpha value is -2.71. The van der Waals surface area contributed by atoms with Crippen molar-refractivity contribution >= 4 is 32.7 Å². The second-order valence-electron chi connectivity index (χ2n) is 6.79. The van der Waals surface area contributed by atoms with Gasteiger partial charge in [-0.15, -0.1) is 0 Å². The Balaban J connectivity index is 1.80. The summed E-state index contributed by atoms with van der Waals surface area (Å²) in [5, 5.41) is 8.10. The lowest BCUT2D eigenvalue weighted by Crippen LogP contribution is -2.14. The molecule has 148 valence electrons. The van der Waals surface area contributed by atoms with Gasteiger partial charge in [0, 0.05) is 25.1 Å². The van der Waals surface area contributed by atoms with Crippen LogP contribution in [0.3, 0.4) is 0 Å². The molecule has 0 radical (unpaired) electrons. The molecule has 0 unspecified atom stereocenters. The number of anilines is 1. The zero-order valence-electron chi connectivity index (χ0n) is 16.0. The summed E-state index contributed by atoms with van der Waals surface area (Å²) in [6.45, 7) is 4.78. The molecule has 2 aromatic carbocycles. The maximum Gasteiger partial charge on any atom is 0.238 e. The van der Waals surface area contributed by atoms with Gasteiger partial charge in [0.2, 0.25) is 15.9 Å². The molecule has 0 spiro atoms. The lowest BCUT2D eigenvalue weighted by atomic mass is 10.2. The Kier molecular flexibility index (Phi) is 5.81. The maximum atomic E-state index is 12.3. The van der Waals surface area contributed by atoms with E-state index in [-0.39, 0.29) is 17.2 Å². The highest BCUT2D eigenvalue weighted by molar-refractivity contribution is 7.89. The van der Waals surface area contributed by atoms with Crippen LogP contribution in [0.2, 0.25) is 0 Å². The number of benzene rings is 2. The van der Waals surface area contributed by atoms with Crippen molar-refractivity contribution in [2.75, 3.05) is 5.32 Å². The van der Waals surface area contributed by atoms with E-state index in [1.54, 1.807) is 6.07 Å². The van der Waals surface area contributed by atoms with Crippen LogP contribution >= 0.6 is 0 Å². The van der Waals surface area contributed by atoms with Gasteiger partial charge in [0.25, 0.3) is 0 Å². The molecule has 0 saturated heterocycles. The number of fused-ring (bicyclic) bond motifs is 1. The summed E-state index contributed by atoms with van der Waals surface area (Å²) in [6.07, 6.45) is 1.63. The fraction of sp³-hybridized carbons (Fsp3) is 0.300. The Labute approximate surface area is 164 Å². The third-order valence-corrected chi connectivity index (χ3v) is 5.40. The van der Waals surface area contributed by atoms with Crippen LogP contribution in [-0.2, 0) is 27.8 Å². The Morgan fingerprint density at radius 3 is 2.54 bits per heavy atom. The predicted molar refractivity (Wildman–Crippen MR) is 110 cm³/mol. The highest BCUT2D eigenvalue weighted by Crippen LogP contribution is 2.21. The summed E-state index contributed by atoms with van der Waals surface area (Å²) in [7, 11) is -3.79. The minimum absolute atomic E-state index is 0.0322. The number of aryl methyl sites for hydroxylation is 3. The van der Waals surface area contributed by atoms with Crippen molar-refractivity contribution in [3.63, 3.8) is 0 Å². The third kappa shape index (κ3) is 4.58. The van der Waals surface area contributed by atoms with E-state index in [0.717, 1.165) is 35.6 Å². The minimum Gasteiger partial charge on any atom is -0.328 e. The molecule has 0 saturated carbocycles. The first kappa shape index (κ1) is 20.0. The summed E-state index contributed by atoms with van der Waals surface area (Å²) in [6, 6.07) is 12.3. The normalized spacial score (nSPS) is 11.7. The second kappa shape index (κ2) is 8.12. The van der Waals surface area contributed by atoms with E-state index in [4.69, 9.17) is 5.14 Å². The number of hydrogen-bond donors (Lipinski definition) is 2. The van der Waals surface area contributed by atoms with Crippen LogP contribution in [0.15, 0.2) is 47.4 Å². The van der Waals surface area contributed by atoms with Crippen molar-refractivity contribution in [3.8, 4) is 0 Å². The lowest BCUT2D eigenvalue weighted by molar-refractivity contribution is -0.116. The van der Waals surface area contributed by atoms with Crippen molar-refractivity contribution in [2.45, 2.75) is 44.6 Å². The summed E-state index contributed by atoms with van der Waals surface area (Å²) in [5.74, 6) is 0.659. The van der Waals surface area contributed by atoms with Gasteiger partial charge in [0.05, 0.1) is 15.9 Å². The molecule has 0 aliphatic rings. The van der Waals surface area contributed by atoms with Gasteiger partial charge in [-0.2, -0.15) is 0 Å². The van der Waals surface area contributed by atoms with Crippen molar-refractivity contribution in [2.24, 2.45) is 5.14 Å². The van der Waals surface area contributed by atoms with Crippen LogP contribution in [0.1, 0.15) is 31.2 Å². The number of hydrogen-bond acceptors (Lipinski definition) is 4. The van der Waals surface area contributed by atoms with Crippen molar-refractivity contribution < 1.29 is 13.2 Å². The molecule has 0 bridgehead atoms. The number of nitrogens with zero attached hydrogens (tertiary/aromatic N) is 2. The molecule has 0 aliphatic heterocycles. The molecule has 3 N–H and O–H groups in total. The molecule has 28 heavy (non-hydrogen) atoms. The third-order valence-electron chi connectivity index (χ3n) is 4.49. The van der Waals surface area contributed by atoms with Crippen LogP contribution in [0, 0.1) is 6.92 Å². The number of carbonyl (C=O) groups excluding carboxylic acids is 1. The number of imidazole rings is 1. The van der Waals surface area contributed by atoms with Crippen LogP contribution < -0.4 is 10.5 Å². The smallest absolute Gasteiger partial charge is 0.238 e. The molecule has 1 aromatic heterocycles. The maximum absolute atomic E-state index is 12.3. The molecular formula is C20H24N4O3S. The highest BCUT2D eigenvalue weighted by Gasteiger charge is 2.15. The molecule has 0 fully saturated rings. The van der Waals surface area contributed by atoms with E-state index in [9.17, 15) is 13.2 Å². The van der Waals surface area contributed by atoms with Gasteiger partial charge >= 0.3 is 0 Å². The summed E-state index contributed by atoms with van der Waals surface area (Å²) >= 11 is 0. The zero-order valence-corrected chi connectivity index (χ0v) is 16.8. The first-order valence-electron chi connectivity index (χ1n) is 9.16. The van der Waals surface area contributed by atoms with Gasteiger partial charge in [-0.25, -0.2) is 18.5 Å². The van der Waals surface area contributed by atoms with Crippen molar-refractivity contribution in [3.05, 3.63) is 53.9 Å². The average Bonchev–Trinajstić information content (AvgIpc) is 2.98.